The Bertz CT molecular complexity index is 522. The van der Waals surface area contributed by atoms with Crippen LogP contribution in [0, 0.1) is 12.8 Å². The molecular formula is C17H23BrN2O. The van der Waals surface area contributed by atoms with E-state index in [0.717, 1.165) is 35.2 Å². The number of hydrogen-bond donors (Lipinski definition) is 1. The van der Waals surface area contributed by atoms with E-state index in [9.17, 15) is 4.79 Å². The zero-order valence-electron chi connectivity index (χ0n) is 12.6. The van der Waals surface area contributed by atoms with Crippen LogP contribution in [0.2, 0.25) is 0 Å². The average molecular weight is 351 g/mol. The third-order valence-corrected chi connectivity index (χ3v) is 5.52. The highest BCUT2D eigenvalue weighted by Crippen LogP contribution is 2.31. The highest BCUT2D eigenvalue weighted by Gasteiger charge is 2.35. The first-order valence-corrected chi connectivity index (χ1v) is 8.73. The third kappa shape index (κ3) is 3.49. The molecule has 0 radical (unpaired) electrons. The van der Waals surface area contributed by atoms with Crippen molar-refractivity contribution in [2.75, 3.05) is 19.6 Å². The fourth-order valence-electron chi connectivity index (χ4n) is 3.12. The van der Waals surface area contributed by atoms with Crippen molar-refractivity contribution < 1.29 is 4.79 Å². The number of carbonyl (C=O) groups is 1. The van der Waals surface area contributed by atoms with Gasteiger partial charge in [-0.15, -0.1) is 0 Å². The molecule has 0 bridgehead atoms. The lowest BCUT2D eigenvalue weighted by Gasteiger charge is -2.30. The molecule has 2 fully saturated rings. The zero-order chi connectivity index (χ0) is 14.8. The molecule has 0 atom stereocenters. The number of carbonyl (C=O) groups excluding carboxylic acids is 1. The van der Waals surface area contributed by atoms with Crippen LogP contribution in [0.3, 0.4) is 0 Å². The van der Waals surface area contributed by atoms with Gasteiger partial charge in [0.2, 0.25) is 0 Å². The van der Waals surface area contributed by atoms with Crippen molar-refractivity contribution in [3.05, 3.63) is 33.8 Å². The van der Waals surface area contributed by atoms with Crippen LogP contribution in [-0.4, -0.2) is 36.5 Å². The molecule has 0 unspecified atom stereocenters. The van der Waals surface area contributed by atoms with Gasteiger partial charge in [-0.1, -0.05) is 22.0 Å². The Labute approximate surface area is 135 Å². The molecule has 21 heavy (non-hydrogen) atoms. The lowest BCUT2D eigenvalue weighted by Crippen LogP contribution is -2.40. The molecule has 0 spiro atoms. The Morgan fingerprint density at radius 3 is 2.67 bits per heavy atom. The summed E-state index contributed by atoms with van der Waals surface area (Å²) in [6.45, 7) is 5.13. The van der Waals surface area contributed by atoms with Crippen LogP contribution in [0.1, 0.15) is 41.6 Å². The van der Waals surface area contributed by atoms with Gasteiger partial charge in [-0.05, 0) is 69.3 Å². The van der Waals surface area contributed by atoms with Crippen LogP contribution in [0.15, 0.2) is 22.7 Å². The fraction of sp³-hybridized carbons (Fsp3) is 0.588. The Hall–Kier alpha value is -0.870. The highest BCUT2D eigenvalue weighted by molar-refractivity contribution is 9.10. The monoisotopic (exact) mass is 350 g/mol. The smallest absolute Gasteiger partial charge is 0.254 e. The van der Waals surface area contributed by atoms with E-state index in [4.69, 9.17) is 0 Å². The van der Waals surface area contributed by atoms with Gasteiger partial charge >= 0.3 is 0 Å². The Kier molecular flexibility index (Phi) is 4.65. The summed E-state index contributed by atoms with van der Waals surface area (Å²) < 4.78 is 1.02. The van der Waals surface area contributed by atoms with Crippen molar-refractivity contribution in [1.29, 1.82) is 0 Å². The SMILES string of the molecule is Cc1c(Br)cccc1C(=O)N(CC1CCNCC1)C1CC1. The third-order valence-electron chi connectivity index (χ3n) is 4.66. The highest BCUT2D eigenvalue weighted by atomic mass is 79.9. The van der Waals surface area contributed by atoms with Gasteiger partial charge in [0.25, 0.3) is 5.91 Å². The van der Waals surface area contributed by atoms with Gasteiger partial charge in [0.05, 0.1) is 0 Å². The van der Waals surface area contributed by atoms with Crippen LogP contribution in [0.25, 0.3) is 0 Å². The van der Waals surface area contributed by atoms with Gasteiger partial charge in [-0.2, -0.15) is 0 Å². The molecule has 1 saturated carbocycles. The predicted octanol–water partition coefficient (Wildman–Crippen LogP) is 3.36. The zero-order valence-corrected chi connectivity index (χ0v) is 14.2. The number of rotatable bonds is 4. The molecule has 0 aromatic heterocycles. The summed E-state index contributed by atoms with van der Waals surface area (Å²) in [5.41, 5.74) is 1.91. The minimum Gasteiger partial charge on any atom is -0.335 e. The summed E-state index contributed by atoms with van der Waals surface area (Å²) in [4.78, 5) is 15.1. The number of benzene rings is 1. The quantitative estimate of drug-likeness (QED) is 0.902. The van der Waals surface area contributed by atoms with E-state index < -0.39 is 0 Å². The standard InChI is InChI=1S/C17H23BrN2O/c1-12-15(3-2-4-16(12)18)17(21)20(14-5-6-14)11-13-7-9-19-10-8-13/h2-4,13-14,19H,5-11H2,1H3. The van der Waals surface area contributed by atoms with Crippen molar-refractivity contribution in [1.82, 2.24) is 10.2 Å². The van der Waals surface area contributed by atoms with Gasteiger partial charge in [-0.3, -0.25) is 4.79 Å². The molecule has 4 heteroatoms. The second-order valence-electron chi connectivity index (χ2n) is 6.29. The number of nitrogens with one attached hydrogen (secondary N) is 1. The van der Waals surface area contributed by atoms with Gasteiger partial charge in [0.1, 0.15) is 0 Å². The van der Waals surface area contributed by atoms with Crippen molar-refractivity contribution in [2.45, 2.75) is 38.6 Å². The molecular weight excluding hydrogens is 328 g/mol. The molecule has 1 aliphatic heterocycles. The minimum atomic E-state index is 0.217. The number of hydrogen-bond acceptors (Lipinski definition) is 2. The molecule has 2 aliphatic rings. The molecule has 1 aliphatic carbocycles. The summed E-state index contributed by atoms with van der Waals surface area (Å²) in [6, 6.07) is 6.39. The largest absolute Gasteiger partial charge is 0.335 e. The molecule has 1 N–H and O–H groups in total. The summed E-state index contributed by atoms with van der Waals surface area (Å²) in [5, 5.41) is 3.40. The maximum Gasteiger partial charge on any atom is 0.254 e. The van der Waals surface area contributed by atoms with E-state index in [2.05, 4.69) is 26.1 Å². The average Bonchev–Trinajstić information content (AvgIpc) is 3.33. The maximum atomic E-state index is 13.0. The summed E-state index contributed by atoms with van der Waals surface area (Å²) in [5.74, 6) is 0.873. The van der Waals surface area contributed by atoms with Gasteiger partial charge in [-0.25, -0.2) is 0 Å². The van der Waals surface area contributed by atoms with E-state index >= 15 is 0 Å². The number of halogens is 1. The second kappa shape index (κ2) is 6.49. The summed E-state index contributed by atoms with van der Waals surface area (Å²) >= 11 is 3.54. The van der Waals surface area contributed by atoms with E-state index in [-0.39, 0.29) is 5.91 Å². The first kappa shape index (κ1) is 15.0. The first-order valence-electron chi connectivity index (χ1n) is 7.93. The van der Waals surface area contributed by atoms with Crippen LogP contribution >= 0.6 is 15.9 Å². The second-order valence-corrected chi connectivity index (χ2v) is 7.15. The minimum absolute atomic E-state index is 0.217. The number of piperidine rings is 1. The molecule has 1 amide bonds. The Morgan fingerprint density at radius 2 is 2.00 bits per heavy atom. The Balaban J connectivity index is 1.76. The van der Waals surface area contributed by atoms with Gasteiger partial charge in [0.15, 0.2) is 0 Å². The Morgan fingerprint density at radius 1 is 1.29 bits per heavy atom. The molecule has 1 aromatic carbocycles. The molecule has 114 valence electrons. The van der Waals surface area contributed by atoms with Crippen molar-refractivity contribution >= 4 is 21.8 Å². The fourth-order valence-corrected chi connectivity index (χ4v) is 3.49. The van der Waals surface area contributed by atoms with Crippen molar-refractivity contribution in [3.63, 3.8) is 0 Å². The van der Waals surface area contributed by atoms with Gasteiger partial charge < -0.3 is 10.2 Å². The summed E-state index contributed by atoms with van der Waals surface area (Å²) in [6.07, 6.45) is 4.72. The predicted molar refractivity (Wildman–Crippen MR) is 88.5 cm³/mol. The maximum absolute atomic E-state index is 13.0. The number of nitrogens with zero attached hydrogens (tertiary/aromatic N) is 1. The topological polar surface area (TPSA) is 32.3 Å². The molecule has 3 nitrogen and oxygen atoms in total. The molecule has 3 rings (SSSR count). The van der Waals surface area contributed by atoms with Crippen molar-refractivity contribution in [2.24, 2.45) is 5.92 Å². The lowest BCUT2D eigenvalue weighted by molar-refractivity contribution is 0.0701. The van der Waals surface area contributed by atoms with Crippen molar-refractivity contribution in [3.8, 4) is 0 Å². The van der Waals surface area contributed by atoms with E-state index in [1.807, 2.05) is 25.1 Å². The lowest BCUT2D eigenvalue weighted by atomic mass is 9.97. The summed E-state index contributed by atoms with van der Waals surface area (Å²) in [7, 11) is 0. The van der Waals surface area contributed by atoms with Gasteiger partial charge in [0, 0.05) is 22.6 Å². The first-order chi connectivity index (χ1) is 10.2. The number of amides is 1. The normalized spacial score (nSPS) is 19.5. The molecule has 1 aromatic rings. The molecule has 1 heterocycles. The van der Waals surface area contributed by atoms with Crippen LogP contribution in [0.4, 0.5) is 0 Å². The van der Waals surface area contributed by atoms with Crippen LogP contribution in [-0.2, 0) is 0 Å². The molecule has 1 saturated heterocycles. The van der Waals surface area contributed by atoms with E-state index in [1.54, 1.807) is 0 Å². The van der Waals surface area contributed by atoms with E-state index in [0.29, 0.717) is 12.0 Å². The van der Waals surface area contributed by atoms with Crippen LogP contribution in [0.5, 0.6) is 0 Å². The van der Waals surface area contributed by atoms with E-state index in [1.165, 1.54) is 25.7 Å². The van der Waals surface area contributed by atoms with Crippen LogP contribution < -0.4 is 5.32 Å².